The minimum Gasteiger partial charge on any atom is -0.387 e. The first kappa shape index (κ1) is 13.7. The van der Waals surface area contributed by atoms with Crippen molar-refractivity contribution in [3.63, 3.8) is 0 Å². The van der Waals surface area contributed by atoms with Crippen LogP contribution < -0.4 is 5.73 Å². The van der Waals surface area contributed by atoms with Gasteiger partial charge in [-0.2, -0.15) is 16.3 Å². The molecule has 102 valence electrons. The molecular formula is C13H19N5S. The second kappa shape index (κ2) is 5.97. The standard InChI is InChI=1S/C13H19N5S/c1-9-4-5-11(15-10-6-7-19-8-10)16-13(18(2)3)17-12(9)14/h6-9H,4-5H2,1-3H3,(H2,14,15,16,17). The largest absolute Gasteiger partial charge is 0.387 e. The second-order valence-corrected chi connectivity index (χ2v) is 5.57. The molecule has 1 atom stereocenters. The summed E-state index contributed by atoms with van der Waals surface area (Å²) in [4.78, 5) is 15.3. The molecule has 1 aliphatic heterocycles. The zero-order chi connectivity index (χ0) is 13.8. The molecule has 2 heterocycles. The molecule has 0 saturated heterocycles. The van der Waals surface area contributed by atoms with Crippen molar-refractivity contribution < 1.29 is 0 Å². The van der Waals surface area contributed by atoms with E-state index < -0.39 is 0 Å². The van der Waals surface area contributed by atoms with Gasteiger partial charge < -0.3 is 10.6 Å². The Bertz CT molecular complexity index is 513. The molecule has 0 aromatic carbocycles. The van der Waals surface area contributed by atoms with Gasteiger partial charge in [0.25, 0.3) is 0 Å². The summed E-state index contributed by atoms with van der Waals surface area (Å²) in [6, 6.07) is 1.99. The Balaban J connectivity index is 2.36. The second-order valence-electron chi connectivity index (χ2n) is 4.79. The third-order valence-corrected chi connectivity index (χ3v) is 3.60. The Hall–Kier alpha value is -1.69. The highest BCUT2D eigenvalue weighted by atomic mass is 32.1. The summed E-state index contributed by atoms with van der Waals surface area (Å²) in [5, 5.41) is 4.02. The van der Waals surface area contributed by atoms with E-state index in [2.05, 4.69) is 21.9 Å². The molecule has 2 N–H and O–H groups in total. The highest BCUT2D eigenvalue weighted by Gasteiger charge is 2.15. The van der Waals surface area contributed by atoms with Gasteiger partial charge >= 0.3 is 0 Å². The van der Waals surface area contributed by atoms with Crippen LogP contribution >= 0.6 is 11.3 Å². The van der Waals surface area contributed by atoms with E-state index in [0.717, 1.165) is 24.4 Å². The topological polar surface area (TPSA) is 66.3 Å². The Morgan fingerprint density at radius 2 is 2.21 bits per heavy atom. The highest BCUT2D eigenvalue weighted by molar-refractivity contribution is 7.08. The first-order chi connectivity index (χ1) is 9.06. The molecule has 0 saturated carbocycles. The lowest BCUT2D eigenvalue weighted by Crippen LogP contribution is -2.30. The van der Waals surface area contributed by atoms with E-state index >= 15 is 0 Å². The van der Waals surface area contributed by atoms with E-state index in [1.807, 2.05) is 35.8 Å². The summed E-state index contributed by atoms with van der Waals surface area (Å²) in [5.41, 5.74) is 6.91. The first-order valence-corrected chi connectivity index (χ1v) is 7.20. The molecule has 1 unspecified atom stereocenters. The predicted octanol–water partition coefficient (Wildman–Crippen LogP) is 2.48. The SMILES string of the molecule is CC1CCC(=Nc2ccsc2)N=C(N(C)C)N=C1N. The molecule has 1 aromatic rings. The molecule has 0 radical (unpaired) electrons. The number of amidine groups is 2. The Labute approximate surface area is 117 Å². The Morgan fingerprint density at radius 3 is 2.84 bits per heavy atom. The van der Waals surface area contributed by atoms with Crippen LogP contribution in [0.15, 0.2) is 31.8 Å². The third kappa shape index (κ3) is 3.64. The normalized spacial score (nSPS) is 22.5. The quantitative estimate of drug-likeness (QED) is 0.857. The molecule has 0 spiro atoms. The van der Waals surface area contributed by atoms with Crippen molar-refractivity contribution in [3.8, 4) is 0 Å². The van der Waals surface area contributed by atoms with Crippen molar-refractivity contribution >= 4 is 34.7 Å². The summed E-state index contributed by atoms with van der Waals surface area (Å²) in [7, 11) is 3.81. The van der Waals surface area contributed by atoms with Crippen molar-refractivity contribution in [2.45, 2.75) is 19.8 Å². The lowest BCUT2D eigenvalue weighted by atomic mass is 10.0. The molecule has 0 aliphatic carbocycles. The summed E-state index contributed by atoms with van der Waals surface area (Å²) in [6.07, 6.45) is 1.73. The fourth-order valence-corrected chi connectivity index (χ4v) is 2.23. The fraction of sp³-hybridized carbons (Fsp3) is 0.462. The van der Waals surface area contributed by atoms with Crippen LogP contribution in [0.2, 0.25) is 0 Å². The summed E-state index contributed by atoms with van der Waals surface area (Å²) in [5.74, 6) is 2.31. The number of nitrogens with zero attached hydrogens (tertiary/aromatic N) is 4. The molecule has 19 heavy (non-hydrogen) atoms. The van der Waals surface area contributed by atoms with E-state index in [4.69, 9.17) is 5.73 Å². The zero-order valence-corrected chi connectivity index (χ0v) is 12.3. The number of thiophene rings is 1. The molecule has 0 fully saturated rings. The van der Waals surface area contributed by atoms with Gasteiger partial charge in [0.15, 0.2) is 0 Å². The van der Waals surface area contributed by atoms with Gasteiger partial charge in [-0.1, -0.05) is 6.92 Å². The predicted molar refractivity (Wildman–Crippen MR) is 82.6 cm³/mol. The van der Waals surface area contributed by atoms with E-state index in [0.29, 0.717) is 11.8 Å². The summed E-state index contributed by atoms with van der Waals surface area (Å²) in [6.45, 7) is 2.08. The number of nitrogens with two attached hydrogens (primary N) is 1. The van der Waals surface area contributed by atoms with Gasteiger partial charge in [0.1, 0.15) is 11.7 Å². The Morgan fingerprint density at radius 1 is 1.42 bits per heavy atom. The van der Waals surface area contributed by atoms with E-state index in [-0.39, 0.29) is 5.92 Å². The summed E-state index contributed by atoms with van der Waals surface area (Å²) < 4.78 is 0. The van der Waals surface area contributed by atoms with Crippen LogP contribution in [-0.4, -0.2) is 36.6 Å². The number of hydrogen-bond donors (Lipinski definition) is 1. The molecule has 5 nitrogen and oxygen atoms in total. The minimum atomic E-state index is 0.248. The maximum absolute atomic E-state index is 5.96. The van der Waals surface area contributed by atoms with Gasteiger partial charge in [-0.3, -0.25) is 0 Å². The molecule has 2 rings (SSSR count). The molecule has 6 heteroatoms. The van der Waals surface area contributed by atoms with E-state index in [1.54, 1.807) is 11.3 Å². The molecule has 1 aliphatic rings. The number of guanidine groups is 1. The van der Waals surface area contributed by atoms with E-state index in [9.17, 15) is 0 Å². The van der Waals surface area contributed by atoms with Crippen molar-refractivity contribution in [1.82, 2.24) is 4.90 Å². The van der Waals surface area contributed by atoms with Crippen LogP contribution in [0.25, 0.3) is 0 Å². The summed E-state index contributed by atoms with van der Waals surface area (Å²) >= 11 is 1.63. The zero-order valence-electron chi connectivity index (χ0n) is 11.5. The van der Waals surface area contributed by atoms with Gasteiger partial charge in [0, 0.05) is 31.8 Å². The van der Waals surface area contributed by atoms with Crippen LogP contribution in [0.3, 0.4) is 0 Å². The average molecular weight is 277 g/mol. The van der Waals surface area contributed by atoms with Crippen LogP contribution in [0, 0.1) is 5.92 Å². The Kier molecular flexibility index (Phi) is 4.31. The fourth-order valence-electron chi connectivity index (χ4n) is 1.67. The lowest BCUT2D eigenvalue weighted by molar-refractivity contribution is 0.609. The number of aliphatic imine (C=N–C) groups is 3. The molecular weight excluding hydrogens is 258 g/mol. The lowest BCUT2D eigenvalue weighted by Gasteiger charge is -2.18. The monoisotopic (exact) mass is 277 g/mol. The first-order valence-electron chi connectivity index (χ1n) is 6.26. The van der Waals surface area contributed by atoms with Crippen LogP contribution in [0.4, 0.5) is 5.69 Å². The van der Waals surface area contributed by atoms with Crippen LogP contribution in [0.1, 0.15) is 19.8 Å². The van der Waals surface area contributed by atoms with Crippen LogP contribution in [0.5, 0.6) is 0 Å². The van der Waals surface area contributed by atoms with Gasteiger partial charge in [-0.25, -0.2) is 9.98 Å². The number of rotatable bonds is 1. The van der Waals surface area contributed by atoms with Crippen molar-refractivity contribution in [1.29, 1.82) is 0 Å². The smallest absolute Gasteiger partial charge is 0.228 e. The molecule has 0 amide bonds. The minimum absolute atomic E-state index is 0.248. The van der Waals surface area contributed by atoms with Gasteiger partial charge in [0.2, 0.25) is 5.96 Å². The van der Waals surface area contributed by atoms with Gasteiger partial charge in [-0.05, 0) is 17.9 Å². The average Bonchev–Trinajstić information content (AvgIpc) is 2.85. The number of hydrogen-bond acceptors (Lipinski definition) is 5. The van der Waals surface area contributed by atoms with Crippen molar-refractivity contribution in [2.75, 3.05) is 14.1 Å². The maximum atomic E-state index is 5.96. The van der Waals surface area contributed by atoms with Crippen molar-refractivity contribution in [2.24, 2.45) is 26.6 Å². The maximum Gasteiger partial charge on any atom is 0.228 e. The van der Waals surface area contributed by atoms with Crippen LogP contribution in [-0.2, 0) is 0 Å². The van der Waals surface area contributed by atoms with Gasteiger partial charge in [-0.15, -0.1) is 0 Å². The highest BCUT2D eigenvalue weighted by Crippen LogP contribution is 2.19. The third-order valence-electron chi connectivity index (χ3n) is 2.93. The van der Waals surface area contributed by atoms with E-state index in [1.165, 1.54) is 0 Å². The van der Waals surface area contributed by atoms with Gasteiger partial charge in [0.05, 0.1) is 5.69 Å². The molecule has 0 bridgehead atoms. The molecule has 1 aromatic heterocycles. The van der Waals surface area contributed by atoms with Crippen molar-refractivity contribution in [3.05, 3.63) is 16.8 Å².